The Hall–Kier alpha value is -0.763. The molecule has 1 aromatic carbocycles. The fourth-order valence-electron chi connectivity index (χ4n) is 2.04. The van der Waals surface area contributed by atoms with E-state index in [1.807, 2.05) is 18.2 Å². The highest BCUT2D eigenvalue weighted by atomic mass is 28.4. The molecule has 1 aromatic rings. The molecule has 5 nitrogen and oxygen atoms in total. The summed E-state index contributed by atoms with van der Waals surface area (Å²) in [5, 5.41) is 6.56. The summed E-state index contributed by atoms with van der Waals surface area (Å²) in [4.78, 5) is 0. The zero-order valence-electron chi connectivity index (χ0n) is 13.4. The Labute approximate surface area is 129 Å². The first-order chi connectivity index (χ1) is 10.3. The topological polar surface area (TPSA) is 51.8 Å². The van der Waals surface area contributed by atoms with Gasteiger partial charge in [-0.2, -0.15) is 0 Å². The van der Waals surface area contributed by atoms with Crippen molar-refractivity contribution in [2.24, 2.45) is 0 Å². The van der Waals surface area contributed by atoms with Crippen molar-refractivity contribution in [3.8, 4) is 0 Å². The van der Waals surface area contributed by atoms with Crippen LogP contribution in [0.1, 0.15) is 18.9 Å². The highest BCUT2D eigenvalue weighted by Crippen LogP contribution is 2.15. The number of hydrogen-bond acceptors (Lipinski definition) is 5. The summed E-state index contributed by atoms with van der Waals surface area (Å²) in [5.41, 5.74) is 1.23. The molecule has 0 amide bonds. The van der Waals surface area contributed by atoms with Crippen molar-refractivity contribution in [3.05, 3.63) is 35.9 Å². The summed E-state index contributed by atoms with van der Waals surface area (Å²) in [6, 6.07) is 11.1. The molecule has 0 atom stereocenters. The quantitative estimate of drug-likeness (QED) is 0.351. The summed E-state index contributed by atoms with van der Waals surface area (Å²) >= 11 is 0. The fraction of sp³-hybridized carbons (Fsp3) is 0.600. The van der Waals surface area contributed by atoms with E-state index >= 15 is 0 Å². The van der Waals surface area contributed by atoms with Crippen molar-refractivity contribution in [2.75, 3.05) is 34.0 Å². The molecule has 120 valence electrons. The van der Waals surface area contributed by atoms with Gasteiger partial charge in [0.25, 0.3) is 0 Å². The number of benzene rings is 1. The SMILES string of the molecule is CCNCCC[Si](OC)(OC)OCNCc1ccccc1. The van der Waals surface area contributed by atoms with Crippen molar-refractivity contribution in [1.82, 2.24) is 10.6 Å². The maximum atomic E-state index is 5.89. The molecular weight excluding hydrogens is 284 g/mol. The Balaban J connectivity index is 2.29. The predicted octanol–water partition coefficient (Wildman–Crippen LogP) is 1.98. The summed E-state index contributed by atoms with van der Waals surface area (Å²) < 4.78 is 17.0. The molecule has 1 rings (SSSR count). The maximum Gasteiger partial charge on any atom is 0.501 e. The molecule has 0 unspecified atom stereocenters. The smallest absolute Gasteiger partial charge is 0.377 e. The zero-order valence-corrected chi connectivity index (χ0v) is 14.4. The van der Waals surface area contributed by atoms with E-state index in [1.165, 1.54) is 5.56 Å². The highest BCUT2D eigenvalue weighted by Gasteiger charge is 2.38. The normalized spacial score (nSPS) is 11.8. The molecule has 0 aliphatic heterocycles. The molecule has 0 radical (unpaired) electrons. The summed E-state index contributed by atoms with van der Waals surface area (Å²) in [5.74, 6) is 0. The van der Waals surface area contributed by atoms with Crippen LogP contribution in [0.2, 0.25) is 6.04 Å². The maximum absolute atomic E-state index is 5.89. The standard InChI is InChI=1S/C15H28N2O3Si/c1-4-16-11-8-12-21(18-2,19-3)20-14-17-13-15-9-6-5-7-10-15/h5-7,9-10,16-17H,4,8,11-14H2,1-3H3. The average molecular weight is 312 g/mol. The minimum absolute atomic E-state index is 0.435. The lowest BCUT2D eigenvalue weighted by atomic mass is 10.2. The highest BCUT2D eigenvalue weighted by molar-refractivity contribution is 6.60. The molecule has 0 aromatic heterocycles. The Morgan fingerprint density at radius 2 is 1.76 bits per heavy atom. The van der Waals surface area contributed by atoms with Crippen molar-refractivity contribution < 1.29 is 13.3 Å². The fourth-order valence-corrected chi connectivity index (χ4v) is 3.92. The summed E-state index contributed by atoms with van der Waals surface area (Å²) in [6.45, 7) is 5.24. The third-order valence-electron chi connectivity index (χ3n) is 3.27. The largest absolute Gasteiger partial charge is 0.501 e. The Morgan fingerprint density at radius 3 is 2.38 bits per heavy atom. The molecule has 0 aliphatic carbocycles. The van der Waals surface area contributed by atoms with Crippen molar-refractivity contribution >= 4 is 8.80 Å². The van der Waals surface area contributed by atoms with Gasteiger partial charge in [-0.15, -0.1) is 0 Å². The van der Waals surface area contributed by atoms with Gasteiger partial charge in [0.1, 0.15) is 0 Å². The van der Waals surface area contributed by atoms with Gasteiger partial charge in [-0.1, -0.05) is 37.3 Å². The second-order valence-electron chi connectivity index (χ2n) is 4.75. The van der Waals surface area contributed by atoms with Gasteiger partial charge < -0.3 is 18.6 Å². The minimum atomic E-state index is -2.53. The predicted molar refractivity (Wildman–Crippen MR) is 87.0 cm³/mol. The third kappa shape index (κ3) is 7.17. The molecule has 2 N–H and O–H groups in total. The third-order valence-corrected chi connectivity index (χ3v) is 6.07. The van der Waals surface area contributed by atoms with Crippen molar-refractivity contribution in [2.45, 2.75) is 25.9 Å². The van der Waals surface area contributed by atoms with Crippen LogP contribution >= 0.6 is 0 Å². The second kappa shape index (κ2) is 10.9. The molecule has 21 heavy (non-hydrogen) atoms. The summed E-state index contributed by atoms with van der Waals surface area (Å²) in [6.07, 6.45) is 0.987. The second-order valence-corrected chi connectivity index (χ2v) is 7.72. The zero-order chi connectivity index (χ0) is 15.4. The number of hydrogen-bond donors (Lipinski definition) is 2. The molecular formula is C15H28N2O3Si. The van der Waals surface area contributed by atoms with Gasteiger partial charge in [0, 0.05) is 26.8 Å². The van der Waals surface area contributed by atoms with E-state index in [2.05, 4.69) is 29.7 Å². The minimum Gasteiger partial charge on any atom is -0.377 e. The van der Waals surface area contributed by atoms with Crippen LogP contribution in [0.5, 0.6) is 0 Å². The van der Waals surface area contributed by atoms with Crippen LogP contribution in [0.15, 0.2) is 30.3 Å². The molecule has 6 heteroatoms. The van der Waals surface area contributed by atoms with Gasteiger partial charge in [-0.05, 0) is 25.1 Å². The molecule has 0 saturated heterocycles. The van der Waals surface area contributed by atoms with E-state index in [0.717, 1.165) is 32.1 Å². The average Bonchev–Trinajstić information content (AvgIpc) is 2.55. The molecule has 0 saturated carbocycles. The Bertz CT molecular complexity index is 361. The van der Waals surface area contributed by atoms with E-state index in [4.69, 9.17) is 13.3 Å². The Kier molecular flexibility index (Phi) is 9.48. The van der Waals surface area contributed by atoms with Crippen LogP contribution in [-0.2, 0) is 19.8 Å². The molecule has 0 spiro atoms. The summed E-state index contributed by atoms with van der Waals surface area (Å²) in [7, 11) is 0.800. The molecule has 0 fully saturated rings. The number of rotatable bonds is 12. The van der Waals surface area contributed by atoms with Crippen molar-refractivity contribution in [1.29, 1.82) is 0 Å². The lowest BCUT2D eigenvalue weighted by molar-refractivity contribution is 0.0890. The molecule has 0 bridgehead atoms. The van der Waals surface area contributed by atoms with Gasteiger partial charge in [-0.25, -0.2) is 0 Å². The van der Waals surface area contributed by atoms with Crippen LogP contribution < -0.4 is 10.6 Å². The van der Waals surface area contributed by atoms with Crippen molar-refractivity contribution in [3.63, 3.8) is 0 Å². The van der Waals surface area contributed by atoms with Gasteiger partial charge in [0.2, 0.25) is 0 Å². The van der Waals surface area contributed by atoms with E-state index in [1.54, 1.807) is 14.2 Å². The van der Waals surface area contributed by atoms with Gasteiger partial charge >= 0.3 is 8.80 Å². The van der Waals surface area contributed by atoms with E-state index in [-0.39, 0.29) is 0 Å². The Morgan fingerprint density at radius 1 is 1.05 bits per heavy atom. The van der Waals surface area contributed by atoms with Gasteiger partial charge in [0.05, 0.1) is 6.73 Å². The monoisotopic (exact) mass is 312 g/mol. The first-order valence-corrected chi connectivity index (χ1v) is 9.39. The number of nitrogens with one attached hydrogen (secondary N) is 2. The lowest BCUT2D eigenvalue weighted by Gasteiger charge is -2.26. The van der Waals surface area contributed by atoms with E-state index < -0.39 is 8.80 Å². The van der Waals surface area contributed by atoms with Gasteiger partial charge in [0.15, 0.2) is 0 Å². The molecule has 0 aliphatic rings. The van der Waals surface area contributed by atoms with Crippen LogP contribution in [0, 0.1) is 0 Å². The van der Waals surface area contributed by atoms with E-state index in [0.29, 0.717) is 6.73 Å². The lowest BCUT2D eigenvalue weighted by Crippen LogP contribution is -2.46. The van der Waals surface area contributed by atoms with Gasteiger partial charge in [-0.3, -0.25) is 5.32 Å². The van der Waals surface area contributed by atoms with Crippen LogP contribution in [0.4, 0.5) is 0 Å². The molecule has 0 heterocycles. The van der Waals surface area contributed by atoms with Crippen LogP contribution in [0.3, 0.4) is 0 Å². The first-order valence-electron chi connectivity index (χ1n) is 7.46. The van der Waals surface area contributed by atoms with E-state index in [9.17, 15) is 0 Å². The first kappa shape index (κ1) is 18.3. The van der Waals surface area contributed by atoms with Crippen LogP contribution in [0.25, 0.3) is 0 Å². The van der Waals surface area contributed by atoms with Crippen LogP contribution in [-0.4, -0.2) is 42.8 Å².